The van der Waals surface area contributed by atoms with Crippen LogP contribution in [-0.2, 0) is 11.3 Å². The van der Waals surface area contributed by atoms with Crippen LogP contribution in [0.5, 0.6) is 5.88 Å². The summed E-state index contributed by atoms with van der Waals surface area (Å²) in [6.45, 7) is 1.42. The molecule has 1 aliphatic rings. The minimum Gasteiger partial charge on any atom is -0.477 e. The van der Waals surface area contributed by atoms with E-state index in [4.69, 9.17) is 15.2 Å². The van der Waals surface area contributed by atoms with Crippen molar-refractivity contribution in [2.75, 3.05) is 26.1 Å². The molecule has 0 radical (unpaired) electrons. The van der Waals surface area contributed by atoms with E-state index in [1.807, 2.05) is 6.07 Å². The highest BCUT2D eigenvalue weighted by Gasteiger charge is 2.24. The Morgan fingerprint density at radius 3 is 3.00 bits per heavy atom. The monoisotopic (exact) mass is 369 g/mol. The summed E-state index contributed by atoms with van der Waals surface area (Å²) >= 11 is 0. The van der Waals surface area contributed by atoms with Gasteiger partial charge >= 0.3 is 0 Å². The number of nitrogens with one attached hydrogen (secondary N) is 1. The Labute approximate surface area is 154 Å². The molecule has 0 saturated heterocycles. The molecule has 27 heavy (non-hydrogen) atoms. The standard InChI is InChI=1S/C18H19N5O4/c1-26-8-6-23-12-5-4-10(9-11(12)17(25)22-23)16-20-15(19)14-13(24)3-2-7-27-18(14)21-16/h4-5,9H,2-3,6-8H2,1H3,(H,22,25)(H2,19,20,21). The molecule has 0 bridgehead atoms. The first-order valence-electron chi connectivity index (χ1n) is 8.64. The average Bonchev–Trinajstić information content (AvgIpc) is 2.84. The number of carbonyl (C=O) groups is 1. The second kappa shape index (κ2) is 6.84. The number of Topliss-reactive ketones (excluding diaryl/α,β-unsaturated/α-hetero) is 1. The van der Waals surface area contributed by atoms with Gasteiger partial charge < -0.3 is 15.2 Å². The molecule has 3 heterocycles. The van der Waals surface area contributed by atoms with Crippen molar-refractivity contribution in [2.24, 2.45) is 0 Å². The average molecular weight is 369 g/mol. The number of aromatic amines is 1. The Balaban J connectivity index is 1.80. The summed E-state index contributed by atoms with van der Waals surface area (Å²) in [5.41, 5.74) is 7.41. The first-order valence-corrected chi connectivity index (χ1v) is 8.64. The fourth-order valence-electron chi connectivity index (χ4n) is 3.17. The second-order valence-corrected chi connectivity index (χ2v) is 6.31. The number of hydrogen-bond acceptors (Lipinski definition) is 7. The van der Waals surface area contributed by atoms with E-state index in [1.165, 1.54) is 0 Å². The van der Waals surface area contributed by atoms with Gasteiger partial charge in [0.15, 0.2) is 11.6 Å². The predicted octanol–water partition coefficient (Wildman–Crippen LogP) is 1.37. The molecule has 3 aromatic rings. The molecule has 9 nitrogen and oxygen atoms in total. The van der Waals surface area contributed by atoms with Crippen LogP contribution in [0.3, 0.4) is 0 Å². The Hall–Kier alpha value is -3.20. The van der Waals surface area contributed by atoms with Gasteiger partial charge in [-0.25, -0.2) is 4.98 Å². The molecule has 2 aromatic heterocycles. The Morgan fingerprint density at radius 2 is 2.19 bits per heavy atom. The van der Waals surface area contributed by atoms with Crippen LogP contribution >= 0.6 is 0 Å². The van der Waals surface area contributed by atoms with Crippen molar-refractivity contribution in [3.05, 3.63) is 34.1 Å². The van der Waals surface area contributed by atoms with Crippen LogP contribution in [0.1, 0.15) is 23.2 Å². The number of methoxy groups -OCH3 is 1. The van der Waals surface area contributed by atoms with Crippen molar-refractivity contribution >= 4 is 22.5 Å². The van der Waals surface area contributed by atoms with Crippen LogP contribution in [0.15, 0.2) is 23.0 Å². The van der Waals surface area contributed by atoms with E-state index >= 15 is 0 Å². The summed E-state index contributed by atoms with van der Waals surface area (Å²) < 4.78 is 12.4. The third-order valence-electron chi connectivity index (χ3n) is 4.52. The van der Waals surface area contributed by atoms with E-state index < -0.39 is 0 Å². The highest BCUT2D eigenvalue weighted by molar-refractivity contribution is 6.02. The van der Waals surface area contributed by atoms with Gasteiger partial charge in [0, 0.05) is 19.1 Å². The third-order valence-corrected chi connectivity index (χ3v) is 4.52. The molecule has 0 atom stereocenters. The van der Waals surface area contributed by atoms with E-state index in [0.717, 1.165) is 5.52 Å². The molecule has 9 heteroatoms. The van der Waals surface area contributed by atoms with Crippen LogP contribution in [0.4, 0.5) is 5.82 Å². The summed E-state index contributed by atoms with van der Waals surface area (Å²) in [7, 11) is 1.61. The highest BCUT2D eigenvalue weighted by atomic mass is 16.5. The Kier molecular flexibility index (Phi) is 4.36. The van der Waals surface area contributed by atoms with Crippen molar-refractivity contribution in [1.29, 1.82) is 0 Å². The highest BCUT2D eigenvalue weighted by Crippen LogP contribution is 2.30. The molecule has 0 spiro atoms. The fourth-order valence-corrected chi connectivity index (χ4v) is 3.17. The van der Waals surface area contributed by atoms with Gasteiger partial charge in [-0.05, 0) is 24.6 Å². The zero-order chi connectivity index (χ0) is 19.0. The molecule has 0 saturated carbocycles. The van der Waals surface area contributed by atoms with Crippen molar-refractivity contribution in [1.82, 2.24) is 19.7 Å². The number of carbonyl (C=O) groups excluding carboxylic acids is 1. The molecule has 0 aliphatic carbocycles. The van der Waals surface area contributed by atoms with E-state index in [-0.39, 0.29) is 28.6 Å². The van der Waals surface area contributed by atoms with Crippen molar-refractivity contribution in [3.63, 3.8) is 0 Å². The van der Waals surface area contributed by atoms with Crippen LogP contribution in [0.25, 0.3) is 22.3 Å². The molecule has 1 aromatic carbocycles. The number of anilines is 1. The maximum atomic E-state index is 12.3. The van der Waals surface area contributed by atoms with Crippen LogP contribution < -0.4 is 16.0 Å². The van der Waals surface area contributed by atoms with E-state index in [2.05, 4.69) is 15.1 Å². The van der Waals surface area contributed by atoms with Gasteiger partial charge in [-0.15, -0.1) is 0 Å². The van der Waals surface area contributed by atoms with Gasteiger partial charge in [-0.1, -0.05) is 0 Å². The van der Waals surface area contributed by atoms with Crippen LogP contribution in [0, 0.1) is 0 Å². The van der Waals surface area contributed by atoms with Gasteiger partial charge in [0.1, 0.15) is 11.4 Å². The molecular weight excluding hydrogens is 350 g/mol. The van der Waals surface area contributed by atoms with Gasteiger partial charge in [0.2, 0.25) is 5.88 Å². The van der Waals surface area contributed by atoms with Gasteiger partial charge in [0.25, 0.3) is 5.56 Å². The summed E-state index contributed by atoms with van der Waals surface area (Å²) in [4.78, 5) is 33.1. The van der Waals surface area contributed by atoms with E-state index in [0.29, 0.717) is 49.4 Å². The number of aromatic nitrogens is 4. The van der Waals surface area contributed by atoms with Crippen molar-refractivity contribution < 1.29 is 14.3 Å². The summed E-state index contributed by atoms with van der Waals surface area (Å²) in [5.74, 6) is 0.487. The smallest absolute Gasteiger partial charge is 0.271 e. The number of hydrogen-bond donors (Lipinski definition) is 2. The zero-order valence-corrected chi connectivity index (χ0v) is 14.8. The van der Waals surface area contributed by atoms with Crippen molar-refractivity contribution in [2.45, 2.75) is 19.4 Å². The summed E-state index contributed by atoms with van der Waals surface area (Å²) in [5, 5.41) is 3.30. The fraction of sp³-hybridized carbons (Fsp3) is 0.333. The number of H-pyrrole nitrogens is 1. The minimum atomic E-state index is -0.211. The normalized spacial score (nSPS) is 14.0. The number of nitrogens with zero attached hydrogens (tertiary/aromatic N) is 3. The van der Waals surface area contributed by atoms with E-state index in [1.54, 1.807) is 23.9 Å². The SMILES string of the molecule is COCCn1[nH]c(=O)c2cc(-c3nc(N)c4c(n3)OCCCC4=O)ccc21. The number of ether oxygens (including phenoxy) is 2. The molecule has 4 rings (SSSR count). The quantitative estimate of drug-likeness (QED) is 0.711. The molecule has 140 valence electrons. The molecule has 0 fully saturated rings. The molecule has 1 aliphatic heterocycles. The van der Waals surface area contributed by atoms with Crippen LogP contribution in [0.2, 0.25) is 0 Å². The largest absolute Gasteiger partial charge is 0.477 e. The Morgan fingerprint density at radius 1 is 1.33 bits per heavy atom. The second-order valence-electron chi connectivity index (χ2n) is 6.31. The van der Waals surface area contributed by atoms with Gasteiger partial charge in [-0.2, -0.15) is 4.98 Å². The third kappa shape index (κ3) is 3.06. The number of nitrogen functional groups attached to an aromatic ring is 1. The number of benzene rings is 1. The first-order chi connectivity index (χ1) is 13.1. The lowest BCUT2D eigenvalue weighted by Gasteiger charge is -2.10. The number of fused-ring (bicyclic) bond motifs is 2. The van der Waals surface area contributed by atoms with Crippen LogP contribution in [-0.4, -0.2) is 45.9 Å². The number of ketones is 1. The summed E-state index contributed by atoms with van der Waals surface area (Å²) in [6.07, 6.45) is 0.969. The van der Waals surface area contributed by atoms with E-state index in [9.17, 15) is 9.59 Å². The molecule has 3 N–H and O–H groups in total. The lowest BCUT2D eigenvalue weighted by molar-refractivity contribution is 0.0983. The zero-order valence-electron chi connectivity index (χ0n) is 14.8. The first kappa shape index (κ1) is 17.2. The van der Waals surface area contributed by atoms with Gasteiger partial charge in [-0.3, -0.25) is 19.4 Å². The lowest BCUT2D eigenvalue weighted by Crippen LogP contribution is -2.09. The lowest BCUT2D eigenvalue weighted by atomic mass is 10.1. The molecule has 0 amide bonds. The minimum absolute atomic E-state index is 0.0913. The number of rotatable bonds is 4. The maximum absolute atomic E-state index is 12.3. The molecular formula is C18H19N5O4. The van der Waals surface area contributed by atoms with Gasteiger partial charge in [0.05, 0.1) is 30.7 Å². The van der Waals surface area contributed by atoms with Crippen molar-refractivity contribution in [3.8, 4) is 17.3 Å². The number of nitrogens with two attached hydrogens (primary N) is 1. The topological polar surface area (TPSA) is 125 Å². The maximum Gasteiger partial charge on any atom is 0.271 e. The molecule has 0 unspecified atom stereocenters. The predicted molar refractivity (Wildman–Crippen MR) is 98.9 cm³/mol. The Bertz CT molecular complexity index is 1090. The summed E-state index contributed by atoms with van der Waals surface area (Å²) in [6, 6.07) is 5.32.